The number of anilines is 2. The molecule has 0 bridgehead atoms. The number of nitrogens with one attached hydrogen (secondary N) is 2. The maximum absolute atomic E-state index is 12.6. The summed E-state index contributed by atoms with van der Waals surface area (Å²) in [5, 5.41) is 3.25. The number of carbonyl (C=O) groups is 1. The molecule has 3 rings (SSSR count). The molecule has 32 heavy (non-hydrogen) atoms. The van der Waals surface area contributed by atoms with Crippen LogP contribution in [0.2, 0.25) is 10.0 Å². The van der Waals surface area contributed by atoms with Crippen molar-refractivity contribution in [1.29, 1.82) is 0 Å². The van der Waals surface area contributed by atoms with Gasteiger partial charge in [0, 0.05) is 10.7 Å². The van der Waals surface area contributed by atoms with Gasteiger partial charge in [0.2, 0.25) is 0 Å². The minimum Gasteiger partial charge on any atom is -0.495 e. The Hall–Kier alpha value is -2.94. The van der Waals surface area contributed by atoms with Crippen LogP contribution in [0, 0.1) is 6.92 Å². The van der Waals surface area contributed by atoms with E-state index in [1.807, 2.05) is 13.0 Å². The zero-order valence-corrected chi connectivity index (χ0v) is 19.5. The van der Waals surface area contributed by atoms with Crippen molar-refractivity contribution in [2.75, 3.05) is 23.8 Å². The number of carbonyl (C=O) groups excluding carboxylic acids is 1. The summed E-state index contributed by atoms with van der Waals surface area (Å²) in [5.41, 5.74) is 1.82. The summed E-state index contributed by atoms with van der Waals surface area (Å²) in [6.07, 6.45) is 0. The summed E-state index contributed by atoms with van der Waals surface area (Å²) in [6.45, 7) is 1.56. The van der Waals surface area contributed by atoms with E-state index in [1.165, 1.54) is 25.3 Å². The van der Waals surface area contributed by atoms with Crippen LogP contribution in [0.4, 0.5) is 11.4 Å². The smallest absolute Gasteiger partial charge is 0.262 e. The molecule has 0 aromatic heterocycles. The Morgan fingerprint density at radius 3 is 2.31 bits per heavy atom. The summed E-state index contributed by atoms with van der Waals surface area (Å²) < 4.78 is 38.3. The van der Waals surface area contributed by atoms with Gasteiger partial charge in [-0.25, -0.2) is 8.42 Å². The second-order valence-electron chi connectivity index (χ2n) is 6.75. The van der Waals surface area contributed by atoms with Gasteiger partial charge in [0.25, 0.3) is 15.9 Å². The highest BCUT2D eigenvalue weighted by Crippen LogP contribution is 2.29. The first kappa shape index (κ1) is 23.7. The molecule has 0 atom stereocenters. The van der Waals surface area contributed by atoms with Crippen LogP contribution in [0.5, 0.6) is 11.5 Å². The Kier molecular flexibility index (Phi) is 7.50. The number of halogens is 2. The van der Waals surface area contributed by atoms with Gasteiger partial charge in [0.05, 0.1) is 22.7 Å². The van der Waals surface area contributed by atoms with Gasteiger partial charge in [-0.2, -0.15) is 0 Å². The van der Waals surface area contributed by atoms with Gasteiger partial charge in [-0.1, -0.05) is 29.3 Å². The lowest BCUT2D eigenvalue weighted by molar-refractivity contribution is -0.118. The van der Waals surface area contributed by atoms with Gasteiger partial charge in [0.1, 0.15) is 11.5 Å². The molecule has 0 radical (unpaired) electrons. The number of ether oxygens (including phenoxy) is 2. The summed E-state index contributed by atoms with van der Waals surface area (Å²) >= 11 is 12.0. The molecule has 0 aliphatic rings. The van der Waals surface area contributed by atoms with E-state index in [-0.39, 0.29) is 22.3 Å². The average Bonchev–Trinajstić information content (AvgIpc) is 2.74. The number of hydrogen-bond acceptors (Lipinski definition) is 5. The highest BCUT2D eigenvalue weighted by atomic mass is 35.5. The molecular weight excluding hydrogens is 475 g/mol. The van der Waals surface area contributed by atoms with Crippen LogP contribution in [-0.4, -0.2) is 28.0 Å². The van der Waals surface area contributed by atoms with Crippen molar-refractivity contribution in [3.8, 4) is 11.5 Å². The van der Waals surface area contributed by atoms with Gasteiger partial charge < -0.3 is 14.8 Å². The van der Waals surface area contributed by atoms with Crippen LogP contribution < -0.4 is 19.5 Å². The molecule has 0 aliphatic carbocycles. The molecule has 3 aromatic rings. The molecule has 0 aliphatic heterocycles. The molecule has 0 heterocycles. The lowest BCUT2D eigenvalue weighted by atomic mass is 10.2. The number of methoxy groups -OCH3 is 1. The summed E-state index contributed by atoms with van der Waals surface area (Å²) in [5.74, 6) is 0.263. The maximum Gasteiger partial charge on any atom is 0.262 e. The Morgan fingerprint density at radius 2 is 1.66 bits per heavy atom. The fraction of sp³-hybridized carbons (Fsp3) is 0.136. The molecule has 2 N–H and O–H groups in total. The molecule has 3 aromatic carbocycles. The monoisotopic (exact) mass is 494 g/mol. The van der Waals surface area contributed by atoms with E-state index in [4.69, 9.17) is 32.7 Å². The van der Waals surface area contributed by atoms with E-state index in [1.54, 1.807) is 36.4 Å². The van der Waals surface area contributed by atoms with Gasteiger partial charge in [-0.3, -0.25) is 9.52 Å². The standard InChI is InChI=1S/C22H20Cl2N2O5S/c1-14-3-9-21(30-2)19(11-14)25-22(27)13-31-20-10-8-17(12-18(20)24)32(28,29)26-16-6-4-15(23)5-7-16/h3-12,26H,13H2,1-2H3,(H,25,27). The van der Waals surface area contributed by atoms with E-state index in [0.29, 0.717) is 22.1 Å². The molecule has 168 valence electrons. The zero-order valence-electron chi connectivity index (χ0n) is 17.2. The van der Waals surface area contributed by atoms with Gasteiger partial charge in [0.15, 0.2) is 6.61 Å². The molecule has 0 spiro atoms. The Bertz CT molecular complexity index is 1230. The Balaban J connectivity index is 1.65. The minimum absolute atomic E-state index is 0.0462. The predicted octanol–water partition coefficient (Wildman–Crippen LogP) is 5.13. The van der Waals surface area contributed by atoms with Crippen molar-refractivity contribution in [2.24, 2.45) is 0 Å². The number of benzene rings is 3. The SMILES string of the molecule is COc1ccc(C)cc1NC(=O)COc1ccc(S(=O)(=O)Nc2ccc(Cl)cc2)cc1Cl. The number of amides is 1. The summed E-state index contributed by atoms with van der Waals surface area (Å²) in [6, 6.07) is 15.6. The van der Waals surface area contributed by atoms with Crippen LogP contribution >= 0.6 is 23.2 Å². The maximum atomic E-state index is 12.6. The number of hydrogen-bond donors (Lipinski definition) is 2. The van der Waals surface area contributed by atoms with E-state index >= 15 is 0 Å². The lowest BCUT2D eigenvalue weighted by Gasteiger charge is -2.13. The second kappa shape index (κ2) is 10.1. The summed E-state index contributed by atoms with van der Waals surface area (Å²) in [4.78, 5) is 12.2. The van der Waals surface area contributed by atoms with Gasteiger partial charge >= 0.3 is 0 Å². The van der Waals surface area contributed by atoms with E-state index in [0.717, 1.165) is 5.56 Å². The van der Waals surface area contributed by atoms with Gasteiger partial charge in [-0.15, -0.1) is 0 Å². The number of aryl methyl sites for hydroxylation is 1. The minimum atomic E-state index is -3.88. The van der Waals surface area contributed by atoms with Crippen molar-refractivity contribution in [3.05, 3.63) is 76.3 Å². The predicted molar refractivity (Wildman–Crippen MR) is 126 cm³/mol. The molecule has 0 saturated carbocycles. The fourth-order valence-electron chi connectivity index (χ4n) is 2.75. The van der Waals surface area contributed by atoms with Crippen LogP contribution in [0.25, 0.3) is 0 Å². The topological polar surface area (TPSA) is 93.7 Å². The molecular formula is C22H20Cl2N2O5S. The van der Waals surface area contributed by atoms with Crippen LogP contribution in [0.15, 0.2) is 65.6 Å². The van der Waals surface area contributed by atoms with Crippen LogP contribution in [-0.2, 0) is 14.8 Å². The molecule has 7 nitrogen and oxygen atoms in total. The van der Waals surface area contributed by atoms with E-state index < -0.39 is 15.9 Å². The zero-order chi connectivity index (χ0) is 23.3. The fourth-order valence-corrected chi connectivity index (χ4v) is 4.26. The Morgan fingerprint density at radius 1 is 0.969 bits per heavy atom. The van der Waals surface area contributed by atoms with Crippen molar-refractivity contribution in [1.82, 2.24) is 0 Å². The molecule has 0 unspecified atom stereocenters. The largest absolute Gasteiger partial charge is 0.495 e. The average molecular weight is 495 g/mol. The molecule has 0 fully saturated rings. The summed E-state index contributed by atoms with van der Waals surface area (Å²) in [7, 11) is -2.37. The number of sulfonamides is 1. The van der Waals surface area contributed by atoms with Crippen molar-refractivity contribution in [2.45, 2.75) is 11.8 Å². The molecule has 10 heteroatoms. The quantitative estimate of drug-likeness (QED) is 0.452. The van der Waals surface area contributed by atoms with E-state index in [2.05, 4.69) is 10.0 Å². The molecule has 1 amide bonds. The van der Waals surface area contributed by atoms with Crippen LogP contribution in [0.3, 0.4) is 0 Å². The second-order valence-corrected chi connectivity index (χ2v) is 9.27. The van der Waals surface area contributed by atoms with Crippen molar-refractivity contribution in [3.63, 3.8) is 0 Å². The highest BCUT2D eigenvalue weighted by molar-refractivity contribution is 7.92. The van der Waals surface area contributed by atoms with Crippen LogP contribution in [0.1, 0.15) is 5.56 Å². The first-order valence-electron chi connectivity index (χ1n) is 9.33. The third-order valence-electron chi connectivity index (χ3n) is 4.30. The normalized spacial score (nSPS) is 11.0. The third kappa shape index (κ3) is 6.06. The third-order valence-corrected chi connectivity index (χ3v) is 6.22. The molecule has 0 saturated heterocycles. The highest BCUT2D eigenvalue weighted by Gasteiger charge is 2.17. The van der Waals surface area contributed by atoms with Crippen molar-refractivity contribution < 1.29 is 22.7 Å². The first-order chi connectivity index (χ1) is 15.2. The van der Waals surface area contributed by atoms with E-state index in [9.17, 15) is 13.2 Å². The number of rotatable bonds is 8. The lowest BCUT2D eigenvalue weighted by Crippen LogP contribution is -2.20. The van der Waals surface area contributed by atoms with Crippen molar-refractivity contribution >= 4 is 50.5 Å². The first-order valence-corrected chi connectivity index (χ1v) is 11.6. The van der Waals surface area contributed by atoms with Gasteiger partial charge in [-0.05, 0) is 67.1 Å². The Labute approximate surface area is 196 Å².